The maximum absolute atomic E-state index is 8.54. The van der Waals surface area contributed by atoms with Crippen LogP contribution in [0.3, 0.4) is 0 Å². The molecule has 0 aliphatic heterocycles. The van der Waals surface area contributed by atoms with E-state index in [0.717, 1.165) is 0 Å². The summed E-state index contributed by atoms with van der Waals surface area (Å²) in [5.41, 5.74) is 0.707. The van der Waals surface area contributed by atoms with Gasteiger partial charge in [0, 0.05) is 6.07 Å². The SMILES string of the molecule is N#Cc1c[c]c(C#N)c(C#N)c1. The second-order valence-corrected chi connectivity index (χ2v) is 2.01. The molecule has 0 N–H and O–H groups in total. The van der Waals surface area contributed by atoms with Gasteiger partial charge in [-0.05, 0) is 12.1 Å². The minimum absolute atomic E-state index is 0.177. The molecule has 1 radical (unpaired) electrons. The fraction of sp³-hybridized carbons (Fsp3) is 0. The summed E-state index contributed by atoms with van der Waals surface area (Å²) < 4.78 is 0. The Balaban J connectivity index is 3.37. The van der Waals surface area contributed by atoms with E-state index in [1.54, 1.807) is 0 Å². The van der Waals surface area contributed by atoms with Gasteiger partial charge in [-0.2, -0.15) is 15.8 Å². The highest BCUT2D eigenvalue weighted by Crippen LogP contribution is 2.08. The molecule has 0 saturated carbocycles. The second kappa shape index (κ2) is 3.19. The molecule has 0 bridgehead atoms. The Hall–Kier alpha value is -2.31. The number of rotatable bonds is 0. The number of nitrogens with zero attached hydrogens (tertiary/aromatic N) is 3. The first-order chi connectivity index (χ1) is 5.81. The first kappa shape index (κ1) is 7.79. The van der Waals surface area contributed by atoms with Crippen LogP contribution >= 0.6 is 0 Å². The zero-order chi connectivity index (χ0) is 8.97. The van der Waals surface area contributed by atoms with Gasteiger partial charge >= 0.3 is 0 Å². The van der Waals surface area contributed by atoms with Crippen LogP contribution in [0.5, 0.6) is 0 Å². The van der Waals surface area contributed by atoms with Crippen LogP contribution in [0, 0.1) is 40.1 Å². The molecule has 3 nitrogen and oxygen atoms in total. The van der Waals surface area contributed by atoms with Gasteiger partial charge in [0.25, 0.3) is 0 Å². The van der Waals surface area contributed by atoms with Crippen molar-refractivity contribution in [3.8, 4) is 18.2 Å². The van der Waals surface area contributed by atoms with E-state index in [2.05, 4.69) is 6.07 Å². The summed E-state index contributed by atoms with van der Waals surface area (Å²) in [5, 5.41) is 25.5. The second-order valence-electron chi connectivity index (χ2n) is 2.01. The van der Waals surface area contributed by atoms with Crippen LogP contribution < -0.4 is 0 Å². The van der Waals surface area contributed by atoms with E-state index in [4.69, 9.17) is 15.8 Å². The van der Waals surface area contributed by atoms with Crippen LogP contribution in [0.4, 0.5) is 0 Å². The van der Waals surface area contributed by atoms with Gasteiger partial charge in [-0.1, -0.05) is 0 Å². The topological polar surface area (TPSA) is 71.4 Å². The van der Waals surface area contributed by atoms with Crippen molar-refractivity contribution in [3.05, 3.63) is 34.9 Å². The fourth-order valence-corrected chi connectivity index (χ4v) is 0.742. The molecule has 0 atom stereocenters. The summed E-state index contributed by atoms with van der Waals surface area (Å²) in [6.45, 7) is 0. The Labute approximate surface area is 69.7 Å². The molecule has 0 aliphatic carbocycles. The number of hydrogen-bond donors (Lipinski definition) is 0. The Morgan fingerprint density at radius 1 is 1.08 bits per heavy atom. The zero-order valence-corrected chi connectivity index (χ0v) is 6.00. The normalized spacial score (nSPS) is 7.75. The average molecular weight is 152 g/mol. The highest BCUT2D eigenvalue weighted by molar-refractivity contribution is 5.49. The lowest BCUT2D eigenvalue weighted by atomic mass is 10.1. The molecule has 3 heteroatoms. The zero-order valence-electron chi connectivity index (χ0n) is 6.00. The van der Waals surface area contributed by atoms with Gasteiger partial charge in [0.05, 0.1) is 22.8 Å². The molecule has 12 heavy (non-hydrogen) atoms. The molecular formula is C9H2N3. The van der Waals surface area contributed by atoms with Crippen molar-refractivity contribution in [1.29, 1.82) is 15.8 Å². The highest BCUT2D eigenvalue weighted by atomic mass is 14.3. The molecule has 0 aliphatic rings. The van der Waals surface area contributed by atoms with Crippen molar-refractivity contribution in [2.45, 2.75) is 0 Å². The lowest BCUT2D eigenvalue weighted by Crippen LogP contribution is -1.85. The summed E-state index contributed by atoms with van der Waals surface area (Å²) in [6.07, 6.45) is 0. The first-order valence-electron chi connectivity index (χ1n) is 3.08. The summed E-state index contributed by atoms with van der Waals surface area (Å²) in [4.78, 5) is 0. The minimum atomic E-state index is 0.177. The Morgan fingerprint density at radius 3 is 2.33 bits per heavy atom. The van der Waals surface area contributed by atoms with E-state index in [9.17, 15) is 0 Å². The van der Waals surface area contributed by atoms with Crippen molar-refractivity contribution < 1.29 is 0 Å². The van der Waals surface area contributed by atoms with Crippen molar-refractivity contribution in [2.24, 2.45) is 0 Å². The van der Waals surface area contributed by atoms with Gasteiger partial charge in [0.1, 0.15) is 12.1 Å². The van der Waals surface area contributed by atoms with Crippen molar-refractivity contribution in [3.63, 3.8) is 0 Å². The smallest absolute Gasteiger partial charge is 0.101 e. The summed E-state index contributed by atoms with van der Waals surface area (Å²) in [7, 11) is 0. The van der Waals surface area contributed by atoms with E-state index < -0.39 is 0 Å². The van der Waals surface area contributed by atoms with Crippen molar-refractivity contribution >= 4 is 0 Å². The van der Waals surface area contributed by atoms with Crippen LogP contribution in [0.25, 0.3) is 0 Å². The molecule has 0 spiro atoms. The lowest BCUT2D eigenvalue weighted by Gasteiger charge is -1.91. The van der Waals surface area contributed by atoms with E-state index in [-0.39, 0.29) is 11.1 Å². The minimum Gasteiger partial charge on any atom is -0.192 e. The summed E-state index contributed by atoms with van der Waals surface area (Å²) in [5.74, 6) is 0. The number of hydrogen-bond acceptors (Lipinski definition) is 3. The van der Waals surface area contributed by atoms with E-state index in [0.29, 0.717) is 5.56 Å². The molecule has 0 aromatic heterocycles. The Kier molecular flexibility index (Phi) is 2.07. The highest BCUT2D eigenvalue weighted by Gasteiger charge is 2.01. The maximum Gasteiger partial charge on any atom is 0.101 e. The predicted octanol–water partition coefficient (Wildman–Crippen LogP) is 1.10. The molecular weight excluding hydrogens is 150 g/mol. The average Bonchev–Trinajstić information content (AvgIpc) is 2.16. The first-order valence-corrected chi connectivity index (χ1v) is 3.08. The van der Waals surface area contributed by atoms with Crippen molar-refractivity contribution in [2.75, 3.05) is 0 Å². The molecule has 0 fully saturated rings. The number of benzene rings is 1. The summed E-state index contributed by atoms with van der Waals surface area (Å²) in [6, 6.07) is 10.8. The molecule has 0 unspecified atom stereocenters. The Bertz CT molecular complexity index is 427. The van der Waals surface area contributed by atoms with Crippen LogP contribution in [0.2, 0.25) is 0 Å². The molecule has 1 rings (SSSR count). The molecule has 0 saturated heterocycles. The van der Waals surface area contributed by atoms with Gasteiger partial charge < -0.3 is 0 Å². The molecule has 0 heterocycles. The van der Waals surface area contributed by atoms with Gasteiger partial charge in [0.2, 0.25) is 0 Å². The molecule has 1 aromatic rings. The standard InChI is InChI=1S/C9H2N3/c10-4-7-1-2-8(5-11)9(3-7)6-12/h1,3H. The van der Waals surface area contributed by atoms with E-state index >= 15 is 0 Å². The monoisotopic (exact) mass is 152 g/mol. The van der Waals surface area contributed by atoms with Gasteiger partial charge in [-0.15, -0.1) is 0 Å². The quantitative estimate of drug-likeness (QED) is 0.558. The van der Waals surface area contributed by atoms with Crippen LogP contribution in [0.15, 0.2) is 12.1 Å². The molecule has 53 valence electrons. The van der Waals surface area contributed by atoms with Crippen molar-refractivity contribution in [1.82, 2.24) is 0 Å². The van der Waals surface area contributed by atoms with Crippen LogP contribution in [-0.4, -0.2) is 0 Å². The van der Waals surface area contributed by atoms with E-state index in [1.165, 1.54) is 12.1 Å². The van der Waals surface area contributed by atoms with Gasteiger partial charge in [0.15, 0.2) is 0 Å². The van der Waals surface area contributed by atoms with Gasteiger partial charge in [-0.3, -0.25) is 0 Å². The third kappa shape index (κ3) is 1.24. The largest absolute Gasteiger partial charge is 0.192 e. The summed E-state index contributed by atoms with van der Waals surface area (Å²) >= 11 is 0. The van der Waals surface area contributed by atoms with Crippen LogP contribution in [-0.2, 0) is 0 Å². The molecule has 0 amide bonds. The van der Waals surface area contributed by atoms with Crippen LogP contribution in [0.1, 0.15) is 16.7 Å². The molecule has 1 aromatic carbocycles. The van der Waals surface area contributed by atoms with E-state index in [1.807, 2.05) is 18.2 Å². The number of nitriles is 3. The maximum atomic E-state index is 8.54. The lowest BCUT2D eigenvalue weighted by molar-refractivity contribution is 1.40. The predicted molar refractivity (Wildman–Crippen MR) is 39.4 cm³/mol. The van der Waals surface area contributed by atoms with Gasteiger partial charge in [-0.25, -0.2) is 0 Å². The fourth-order valence-electron chi connectivity index (χ4n) is 0.742. The third-order valence-corrected chi connectivity index (χ3v) is 1.30. The Morgan fingerprint density at radius 2 is 1.83 bits per heavy atom. The third-order valence-electron chi connectivity index (χ3n) is 1.30.